The maximum absolute atomic E-state index is 13.2. The van der Waals surface area contributed by atoms with Gasteiger partial charge in [-0.25, -0.2) is 4.39 Å². The number of rotatable bonds is 3. The van der Waals surface area contributed by atoms with Crippen molar-refractivity contribution in [1.82, 2.24) is 9.80 Å². The van der Waals surface area contributed by atoms with Crippen LogP contribution in [0.25, 0.3) is 0 Å². The Labute approximate surface area is 169 Å². The lowest BCUT2D eigenvalue weighted by atomic mass is 10.1. The molecule has 0 aromatic heterocycles. The van der Waals surface area contributed by atoms with Gasteiger partial charge in [0.15, 0.2) is 0 Å². The first-order valence-corrected chi connectivity index (χ1v) is 9.01. The Balaban J connectivity index is 1.67. The van der Waals surface area contributed by atoms with Gasteiger partial charge in [0.05, 0.1) is 26.1 Å². The van der Waals surface area contributed by atoms with E-state index in [-0.39, 0.29) is 64.9 Å². The Bertz CT molecular complexity index is 962. The molecular formula is C18H14Cl2FN3O4. The van der Waals surface area contributed by atoms with Gasteiger partial charge in [-0.15, -0.1) is 0 Å². The van der Waals surface area contributed by atoms with Crippen LogP contribution >= 0.6 is 23.2 Å². The molecule has 1 aliphatic heterocycles. The number of halogens is 3. The topological polar surface area (TPSA) is 83.8 Å². The van der Waals surface area contributed by atoms with Gasteiger partial charge < -0.3 is 9.80 Å². The fraction of sp³-hybridized carbons (Fsp3) is 0.222. The predicted octanol–water partition coefficient (Wildman–Crippen LogP) is 3.64. The Morgan fingerprint density at radius 3 is 1.79 bits per heavy atom. The van der Waals surface area contributed by atoms with Crippen LogP contribution in [0, 0.1) is 15.9 Å². The number of benzene rings is 2. The van der Waals surface area contributed by atoms with Crippen LogP contribution in [0.15, 0.2) is 36.4 Å². The lowest BCUT2D eigenvalue weighted by molar-refractivity contribution is -0.384. The highest BCUT2D eigenvalue weighted by Gasteiger charge is 2.28. The van der Waals surface area contributed by atoms with Gasteiger partial charge >= 0.3 is 0 Å². The highest BCUT2D eigenvalue weighted by Crippen LogP contribution is 2.25. The first kappa shape index (κ1) is 20.0. The maximum atomic E-state index is 13.2. The van der Waals surface area contributed by atoms with Crippen molar-refractivity contribution in [3.63, 3.8) is 0 Å². The van der Waals surface area contributed by atoms with Crippen molar-refractivity contribution >= 4 is 40.7 Å². The standard InChI is InChI=1S/C18H14Cl2FN3O4/c19-15-9-11(21)1-3-13(15)17(25)22-5-7-23(8-6-22)18(26)14-4-2-12(24(27)28)10-16(14)20/h1-4,9-10H,5-8H2. The van der Waals surface area contributed by atoms with Gasteiger partial charge in [0.25, 0.3) is 17.5 Å². The van der Waals surface area contributed by atoms with Crippen LogP contribution in [0.5, 0.6) is 0 Å². The van der Waals surface area contributed by atoms with Crippen LogP contribution in [0.2, 0.25) is 10.0 Å². The number of hydrogen-bond acceptors (Lipinski definition) is 4. The minimum Gasteiger partial charge on any atom is -0.335 e. The fourth-order valence-corrected chi connectivity index (χ4v) is 3.41. The van der Waals surface area contributed by atoms with E-state index in [0.717, 1.165) is 18.2 Å². The second-order valence-electron chi connectivity index (χ2n) is 6.13. The van der Waals surface area contributed by atoms with E-state index in [1.165, 1.54) is 28.0 Å². The average molecular weight is 426 g/mol. The maximum Gasteiger partial charge on any atom is 0.270 e. The number of amides is 2. The van der Waals surface area contributed by atoms with E-state index in [9.17, 15) is 24.1 Å². The van der Waals surface area contributed by atoms with Crippen molar-refractivity contribution in [3.05, 3.63) is 73.5 Å². The molecule has 1 heterocycles. The average Bonchev–Trinajstić information content (AvgIpc) is 2.67. The number of nitro groups is 1. The van der Waals surface area contributed by atoms with Crippen LogP contribution in [-0.4, -0.2) is 52.7 Å². The van der Waals surface area contributed by atoms with Gasteiger partial charge in [-0.1, -0.05) is 23.2 Å². The third-order valence-corrected chi connectivity index (χ3v) is 5.03. The zero-order chi connectivity index (χ0) is 20.4. The Hall–Kier alpha value is -2.71. The van der Waals surface area contributed by atoms with E-state index >= 15 is 0 Å². The lowest BCUT2D eigenvalue weighted by Gasteiger charge is -2.35. The summed E-state index contributed by atoms with van der Waals surface area (Å²) in [6.45, 7) is 1.05. The third-order valence-electron chi connectivity index (χ3n) is 4.41. The molecule has 2 amide bonds. The number of carbonyl (C=O) groups is 2. The van der Waals surface area contributed by atoms with Crippen molar-refractivity contribution in [2.45, 2.75) is 0 Å². The summed E-state index contributed by atoms with van der Waals surface area (Å²) in [5.74, 6) is -1.24. The van der Waals surface area contributed by atoms with Crippen molar-refractivity contribution in [2.75, 3.05) is 26.2 Å². The molecule has 10 heteroatoms. The number of carbonyl (C=O) groups excluding carboxylic acids is 2. The third kappa shape index (κ3) is 4.07. The van der Waals surface area contributed by atoms with Crippen LogP contribution in [0.1, 0.15) is 20.7 Å². The van der Waals surface area contributed by atoms with Crippen LogP contribution in [0.4, 0.5) is 10.1 Å². The van der Waals surface area contributed by atoms with Crippen LogP contribution in [0.3, 0.4) is 0 Å². The van der Waals surface area contributed by atoms with Gasteiger partial charge in [-0.2, -0.15) is 0 Å². The molecule has 0 spiro atoms. The van der Waals surface area contributed by atoms with E-state index in [4.69, 9.17) is 23.2 Å². The molecule has 1 fully saturated rings. The van der Waals surface area contributed by atoms with E-state index in [2.05, 4.69) is 0 Å². The van der Waals surface area contributed by atoms with Gasteiger partial charge in [-0.3, -0.25) is 19.7 Å². The van der Waals surface area contributed by atoms with E-state index in [0.29, 0.717) is 0 Å². The van der Waals surface area contributed by atoms with Crippen molar-refractivity contribution in [1.29, 1.82) is 0 Å². The fourth-order valence-electron chi connectivity index (χ4n) is 2.91. The zero-order valence-electron chi connectivity index (χ0n) is 14.4. The first-order chi connectivity index (χ1) is 13.3. The van der Waals surface area contributed by atoms with Crippen molar-refractivity contribution in [2.24, 2.45) is 0 Å². The SMILES string of the molecule is O=C(c1ccc(F)cc1Cl)N1CCN(C(=O)c2ccc([N+](=O)[O-])cc2Cl)CC1. The molecule has 0 saturated carbocycles. The minimum atomic E-state index is -0.592. The highest BCUT2D eigenvalue weighted by molar-refractivity contribution is 6.34. The molecule has 0 bridgehead atoms. The van der Waals surface area contributed by atoms with Gasteiger partial charge in [0, 0.05) is 38.3 Å². The molecule has 1 aliphatic rings. The summed E-state index contributed by atoms with van der Waals surface area (Å²) in [5, 5.41) is 10.8. The largest absolute Gasteiger partial charge is 0.335 e. The molecule has 0 radical (unpaired) electrons. The number of nitro benzene ring substituents is 1. The first-order valence-electron chi connectivity index (χ1n) is 8.25. The van der Waals surface area contributed by atoms with Gasteiger partial charge in [0.1, 0.15) is 5.82 Å². The molecule has 2 aromatic rings. The molecule has 2 aromatic carbocycles. The van der Waals surface area contributed by atoms with Crippen molar-refractivity contribution < 1.29 is 18.9 Å². The molecule has 0 atom stereocenters. The summed E-state index contributed by atoms with van der Waals surface area (Å²) < 4.78 is 13.2. The second-order valence-corrected chi connectivity index (χ2v) is 6.94. The predicted molar refractivity (Wildman–Crippen MR) is 101 cm³/mol. The molecule has 0 N–H and O–H groups in total. The Morgan fingerprint density at radius 1 is 0.893 bits per heavy atom. The zero-order valence-corrected chi connectivity index (χ0v) is 15.9. The summed E-state index contributed by atoms with van der Waals surface area (Å²) in [7, 11) is 0. The number of piperazine rings is 1. The summed E-state index contributed by atoms with van der Waals surface area (Å²) in [5.41, 5.74) is 0.156. The van der Waals surface area contributed by atoms with Gasteiger partial charge in [-0.05, 0) is 24.3 Å². The molecule has 146 valence electrons. The molecule has 3 rings (SSSR count). The molecule has 7 nitrogen and oxygen atoms in total. The molecule has 28 heavy (non-hydrogen) atoms. The quantitative estimate of drug-likeness (QED) is 0.554. The van der Waals surface area contributed by atoms with E-state index in [1.54, 1.807) is 0 Å². The minimum absolute atomic E-state index is 0.00389. The second kappa shape index (κ2) is 8.12. The number of non-ortho nitro benzene ring substituents is 1. The Morgan fingerprint density at radius 2 is 1.36 bits per heavy atom. The van der Waals surface area contributed by atoms with Gasteiger partial charge in [0.2, 0.25) is 0 Å². The van der Waals surface area contributed by atoms with E-state index < -0.39 is 10.7 Å². The summed E-state index contributed by atoms with van der Waals surface area (Å²) in [6.07, 6.45) is 0. The normalized spacial score (nSPS) is 14.1. The number of nitrogens with zero attached hydrogens (tertiary/aromatic N) is 3. The smallest absolute Gasteiger partial charge is 0.270 e. The number of hydrogen-bond donors (Lipinski definition) is 0. The summed E-state index contributed by atoms with van der Waals surface area (Å²) >= 11 is 12.0. The van der Waals surface area contributed by atoms with Crippen LogP contribution < -0.4 is 0 Å². The summed E-state index contributed by atoms with van der Waals surface area (Å²) in [4.78, 5) is 38.4. The molecular weight excluding hydrogens is 412 g/mol. The molecule has 0 aliphatic carbocycles. The van der Waals surface area contributed by atoms with Crippen LogP contribution in [-0.2, 0) is 0 Å². The summed E-state index contributed by atoms with van der Waals surface area (Å²) in [6, 6.07) is 7.23. The van der Waals surface area contributed by atoms with Crippen molar-refractivity contribution in [3.8, 4) is 0 Å². The molecule has 1 saturated heterocycles. The monoisotopic (exact) mass is 425 g/mol. The Kier molecular flexibility index (Phi) is 5.81. The highest BCUT2D eigenvalue weighted by atomic mass is 35.5. The van der Waals surface area contributed by atoms with E-state index in [1.807, 2.05) is 0 Å². The lowest BCUT2D eigenvalue weighted by Crippen LogP contribution is -2.50. The molecule has 0 unspecified atom stereocenters.